The van der Waals surface area contributed by atoms with Crippen LogP contribution < -0.4 is 11.1 Å². The van der Waals surface area contributed by atoms with Crippen molar-refractivity contribution in [2.24, 2.45) is 10.7 Å². The van der Waals surface area contributed by atoms with Gasteiger partial charge >= 0.3 is 0 Å². The minimum atomic E-state index is 0.488. The average Bonchev–Trinajstić information content (AvgIpc) is 3.03. The largest absolute Gasteiger partial charge is 0.370 e. The van der Waals surface area contributed by atoms with Crippen molar-refractivity contribution in [2.45, 2.75) is 37.9 Å². The number of rotatable bonds is 3. The number of nitrogens with zero attached hydrogens (tertiary/aromatic N) is 2. The highest BCUT2D eigenvalue weighted by Gasteiger charge is 2.37. The standard InChI is InChI=1S/C15H22N4/c16-15(17-11-12-5-2-1-3-6-12)18-13-8-10-19-9-4-7-14(13)19/h1-3,5-6,13-14H,4,7-11H2,(H3,16,17,18). The number of guanidine groups is 1. The van der Waals surface area contributed by atoms with Gasteiger partial charge in [-0.1, -0.05) is 30.3 Å². The molecule has 2 unspecified atom stereocenters. The Kier molecular flexibility index (Phi) is 3.69. The van der Waals surface area contributed by atoms with Crippen LogP contribution in [-0.4, -0.2) is 36.0 Å². The van der Waals surface area contributed by atoms with Crippen molar-refractivity contribution in [2.75, 3.05) is 13.1 Å². The van der Waals surface area contributed by atoms with Gasteiger partial charge in [-0.05, 0) is 31.4 Å². The van der Waals surface area contributed by atoms with E-state index < -0.39 is 0 Å². The van der Waals surface area contributed by atoms with Crippen LogP contribution in [0.2, 0.25) is 0 Å². The maximum absolute atomic E-state index is 6.00. The Morgan fingerprint density at radius 2 is 2.11 bits per heavy atom. The van der Waals surface area contributed by atoms with E-state index in [4.69, 9.17) is 5.73 Å². The minimum absolute atomic E-state index is 0.488. The fourth-order valence-electron chi connectivity index (χ4n) is 3.25. The van der Waals surface area contributed by atoms with E-state index >= 15 is 0 Å². The van der Waals surface area contributed by atoms with Crippen molar-refractivity contribution >= 4 is 5.96 Å². The van der Waals surface area contributed by atoms with E-state index in [-0.39, 0.29) is 0 Å². The monoisotopic (exact) mass is 258 g/mol. The van der Waals surface area contributed by atoms with E-state index in [9.17, 15) is 0 Å². The Balaban J connectivity index is 1.54. The zero-order valence-corrected chi connectivity index (χ0v) is 11.3. The number of hydrogen-bond donors (Lipinski definition) is 2. The SMILES string of the molecule is NC(=NCc1ccccc1)NC1CCN2CCCC12. The molecule has 0 amide bonds. The topological polar surface area (TPSA) is 53.6 Å². The third-order valence-corrected chi connectivity index (χ3v) is 4.21. The van der Waals surface area contributed by atoms with Crippen LogP contribution in [-0.2, 0) is 6.54 Å². The van der Waals surface area contributed by atoms with Gasteiger partial charge in [0.2, 0.25) is 0 Å². The number of benzene rings is 1. The highest BCUT2D eigenvalue weighted by Crippen LogP contribution is 2.27. The molecule has 2 aliphatic rings. The maximum Gasteiger partial charge on any atom is 0.189 e. The number of nitrogens with one attached hydrogen (secondary N) is 1. The van der Waals surface area contributed by atoms with Crippen LogP contribution >= 0.6 is 0 Å². The van der Waals surface area contributed by atoms with E-state index in [2.05, 4.69) is 27.3 Å². The summed E-state index contributed by atoms with van der Waals surface area (Å²) in [7, 11) is 0. The second-order valence-electron chi connectivity index (χ2n) is 5.47. The second kappa shape index (κ2) is 5.61. The van der Waals surface area contributed by atoms with Crippen LogP contribution in [0.25, 0.3) is 0 Å². The predicted octanol–water partition coefficient (Wildman–Crippen LogP) is 1.33. The summed E-state index contributed by atoms with van der Waals surface area (Å²) >= 11 is 0. The smallest absolute Gasteiger partial charge is 0.189 e. The second-order valence-corrected chi connectivity index (χ2v) is 5.47. The van der Waals surface area contributed by atoms with E-state index in [1.807, 2.05) is 18.2 Å². The molecule has 0 bridgehead atoms. The van der Waals surface area contributed by atoms with Gasteiger partial charge < -0.3 is 11.1 Å². The molecule has 0 aromatic heterocycles. The number of aliphatic imine (C=N–C) groups is 1. The van der Waals surface area contributed by atoms with Crippen LogP contribution in [0.5, 0.6) is 0 Å². The molecule has 3 N–H and O–H groups in total. The van der Waals surface area contributed by atoms with Crippen LogP contribution in [0.1, 0.15) is 24.8 Å². The quantitative estimate of drug-likeness (QED) is 0.635. The summed E-state index contributed by atoms with van der Waals surface area (Å²) in [6, 6.07) is 11.4. The van der Waals surface area contributed by atoms with Crippen molar-refractivity contribution in [1.29, 1.82) is 0 Å². The lowest BCUT2D eigenvalue weighted by Gasteiger charge is -2.21. The fourth-order valence-corrected chi connectivity index (χ4v) is 3.25. The molecule has 4 heteroatoms. The van der Waals surface area contributed by atoms with Gasteiger partial charge in [-0.15, -0.1) is 0 Å². The van der Waals surface area contributed by atoms with E-state index in [0.29, 0.717) is 24.6 Å². The Hall–Kier alpha value is -1.55. The van der Waals surface area contributed by atoms with Crippen LogP contribution in [0.3, 0.4) is 0 Å². The third kappa shape index (κ3) is 2.89. The van der Waals surface area contributed by atoms with Gasteiger partial charge in [0, 0.05) is 18.6 Å². The molecule has 19 heavy (non-hydrogen) atoms. The zero-order chi connectivity index (χ0) is 13.1. The number of fused-ring (bicyclic) bond motifs is 1. The number of nitrogens with two attached hydrogens (primary N) is 1. The molecule has 0 radical (unpaired) electrons. The Morgan fingerprint density at radius 1 is 1.26 bits per heavy atom. The summed E-state index contributed by atoms with van der Waals surface area (Å²) < 4.78 is 0. The van der Waals surface area contributed by atoms with Crippen molar-refractivity contribution in [3.8, 4) is 0 Å². The molecule has 2 aliphatic heterocycles. The molecule has 0 aliphatic carbocycles. The first-order valence-electron chi connectivity index (χ1n) is 7.17. The van der Waals surface area contributed by atoms with Crippen molar-refractivity contribution < 1.29 is 0 Å². The molecule has 4 nitrogen and oxygen atoms in total. The molecular weight excluding hydrogens is 236 g/mol. The Bertz CT molecular complexity index is 443. The van der Waals surface area contributed by atoms with E-state index in [0.717, 1.165) is 0 Å². The van der Waals surface area contributed by atoms with Crippen molar-refractivity contribution in [1.82, 2.24) is 10.2 Å². The summed E-state index contributed by atoms with van der Waals surface area (Å²) in [5.41, 5.74) is 7.20. The van der Waals surface area contributed by atoms with E-state index in [1.54, 1.807) is 0 Å². The molecule has 3 rings (SSSR count). The first-order chi connectivity index (χ1) is 9.33. The summed E-state index contributed by atoms with van der Waals surface area (Å²) in [5.74, 6) is 0.586. The van der Waals surface area contributed by atoms with Gasteiger partial charge in [0.1, 0.15) is 0 Å². The molecule has 0 saturated carbocycles. The average molecular weight is 258 g/mol. The lowest BCUT2D eigenvalue weighted by atomic mass is 10.1. The summed E-state index contributed by atoms with van der Waals surface area (Å²) in [4.78, 5) is 7.01. The lowest BCUT2D eigenvalue weighted by molar-refractivity contribution is 0.308. The molecule has 0 spiro atoms. The summed E-state index contributed by atoms with van der Waals surface area (Å²) in [6.07, 6.45) is 3.81. The zero-order valence-electron chi connectivity index (χ0n) is 11.3. The molecule has 2 fully saturated rings. The lowest BCUT2D eigenvalue weighted by Crippen LogP contribution is -2.45. The van der Waals surface area contributed by atoms with Gasteiger partial charge in [0.05, 0.1) is 6.54 Å². The normalized spacial score (nSPS) is 27.5. The first-order valence-corrected chi connectivity index (χ1v) is 7.17. The predicted molar refractivity (Wildman–Crippen MR) is 77.9 cm³/mol. The molecule has 2 atom stereocenters. The Labute approximate surface area is 114 Å². The minimum Gasteiger partial charge on any atom is -0.370 e. The third-order valence-electron chi connectivity index (χ3n) is 4.21. The molecule has 1 aromatic rings. The molecular formula is C15H22N4. The highest BCUT2D eigenvalue weighted by molar-refractivity contribution is 5.78. The first kappa shape index (κ1) is 12.5. The van der Waals surface area contributed by atoms with Gasteiger partial charge in [-0.25, -0.2) is 4.99 Å². The van der Waals surface area contributed by atoms with Crippen LogP contribution in [0.4, 0.5) is 0 Å². The van der Waals surface area contributed by atoms with Gasteiger partial charge in [0.25, 0.3) is 0 Å². The van der Waals surface area contributed by atoms with Gasteiger partial charge in [-0.3, -0.25) is 4.90 Å². The van der Waals surface area contributed by atoms with Crippen molar-refractivity contribution in [3.63, 3.8) is 0 Å². The maximum atomic E-state index is 6.00. The molecule has 2 saturated heterocycles. The van der Waals surface area contributed by atoms with E-state index in [1.165, 1.54) is 37.9 Å². The van der Waals surface area contributed by atoms with Crippen LogP contribution in [0, 0.1) is 0 Å². The van der Waals surface area contributed by atoms with Gasteiger partial charge in [0.15, 0.2) is 5.96 Å². The van der Waals surface area contributed by atoms with Crippen LogP contribution in [0.15, 0.2) is 35.3 Å². The summed E-state index contributed by atoms with van der Waals surface area (Å²) in [6.45, 7) is 3.11. The Morgan fingerprint density at radius 3 is 2.95 bits per heavy atom. The summed E-state index contributed by atoms with van der Waals surface area (Å²) in [5, 5.41) is 3.41. The highest BCUT2D eigenvalue weighted by atomic mass is 15.3. The molecule has 102 valence electrons. The van der Waals surface area contributed by atoms with Gasteiger partial charge in [-0.2, -0.15) is 0 Å². The number of hydrogen-bond acceptors (Lipinski definition) is 2. The fraction of sp³-hybridized carbons (Fsp3) is 0.533. The molecule has 1 aromatic carbocycles. The molecule has 2 heterocycles. The van der Waals surface area contributed by atoms with Crippen molar-refractivity contribution in [3.05, 3.63) is 35.9 Å².